The molecule has 0 amide bonds. The Labute approximate surface area is 120 Å². The SMILES string of the molecule is CC(C)NCc1ccc(N(C)Cc2ccccc2)nn1. The number of hydrogen-bond acceptors (Lipinski definition) is 4. The van der Waals surface area contributed by atoms with E-state index in [9.17, 15) is 0 Å². The molecule has 1 aromatic carbocycles. The molecule has 4 nitrogen and oxygen atoms in total. The van der Waals surface area contributed by atoms with Gasteiger partial charge in [-0.1, -0.05) is 44.2 Å². The van der Waals surface area contributed by atoms with E-state index >= 15 is 0 Å². The number of benzene rings is 1. The van der Waals surface area contributed by atoms with Gasteiger partial charge in [-0.05, 0) is 17.7 Å². The van der Waals surface area contributed by atoms with E-state index in [1.807, 2.05) is 25.2 Å². The Bertz CT molecular complexity index is 508. The third-order valence-corrected chi connectivity index (χ3v) is 3.05. The maximum atomic E-state index is 4.29. The van der Waals surface area contributed by atoms with Gasteiger partial charge in [0.1, 0.15) is 0 Å². The summed E-state index contributed by atoms with van der Waals surface area (Å²) >= 11 is 0. The maximum Gasteiger partial charge on any atom is 0.151 e. The third-order valence-electron chi connectivity index (χ3n) is 3.05. The minimum absolute atomic E-state index is 0.456. The van der Waals surface area contributed by atoms with E-state index in [0.717, 1.165) is 24.6 Å². The highest BCUT2D eigenvalue weighted by molar-refractivity contribution is 5.37. The minimum Gasteiger partial charge on any atom is -0.354 e. The van der Waals surface area contributed by atoms with E-state index in [1.165, 1.54) is 5.56 Å². The number of aromatic nitrogens is 2. The van der Waals surface area contributed by atoms with E-state index in [2.05, 4.69) is 58.5 Å². The second kappa shape index (κ2) is 7.01. The summed E-state index contributed by atoms with van der Waals surface area (Å²) in [7, 11) is 2.03. The fraction of sp³-hybridized carbons (Fsp3) is 0.375. The number of anilines is 1. The Hall–Kier alpha value is -1.94. The lowest BCUT2D eigenvalue weighted by atomic mass is 10.2. The second-order valence-corrected chi connectivity index (χ2v) is 5.26. The smallest absolute Gasteiger partial charge is 0.151 e. The van der Waals surface area contributed by atoms with Crippen LogP contribution >= 0.6 is 0 Å². The van der Waals surface area contributed by atoms with Crippen LogP contribution < -0.4 is 10.2 Å². The molecule has 0 radical (unpaired) electrons. The van der Waals surface area contributed by atoms with Gasteiger partial charge in [-0.25, -0.2) is 0 Å². The number of nitrogens with one attached hydrogen (secondary N) is 1. The van der Waals surface area contributed by atoms with Crippen molar-refractivity contribution in [1.29, 1.82) is 0 Å². The first-order valence-corrected chi connectivity index (χ1v) is 6.96. The first-order valence-electron chi connectivity index (χ1n) is 6.96. The topological polar surface area (TPSA) is 41.0 Å². The summed E-state index contributed by atoms with van der Waals surface area (Å²) in [6.45, 7) is 5.83. The van der Waals surface area contributed by atoms with Gasteiger partial charge in [-0.15, -0.1) is 5.10 Å². The highest BCUT2D eigenvalue weighted by atomic mass is 15.2. The fourth-order valence-electron chi connectivity index (χ4n) is 1.90. The van der Waals surface area contributed by atoms with Crippen molar-refractivity contribution >= 4 is 5.82 Å². The predicted octanol–water partition coefficient (Wildman–Crippen LogP) is 2.61. The van der Waals surface area contributed by atoms with Crippen LogP contribution in [-0.2, 0) is 13.1 Å². The molecular formula is C16H22N4. The fourth-order valence-corrected chi connectivity index (χ4v) is 1.90. The highest BCUT2D eigenvalue weighted by Gasteiger charge is 2.05. The van der Waals surface area contributed by atoms with Crippen LogP contribution in [0.3, 0.4) is 0 Å². The molecule has 1 aromatic heterocycles. The van der Waals surface area contributed by atoms with Crippen LogP contribution in [0.2, 0.25) is 0 Å². The molecule has 0 atom stereocenters. The Balaban J connectivity index is 1.95. The summed E-state index contributed by atoms with van der Waals surface area (Å²) in [5.41, 5.74) is 2.23. The minimum atomic E-state index is 0.456. The molecule has 0 bridgehead atoms. The average molecular weight is 270 g/mol. The molecule has 0 fully saturated rings. The number of nitrogens with zero attached hydrogens (tertiary/aromatic N) is 3. The van der Waals surface area contributed by atoms with Crippen molar-refractivity contribution in [2.45, 2.75) is 33.0 Å². The first kappa shape index (κ1) is 14.5. The van der Waals surface area contributed by atoms with Crippen LogP contribution in [0, 0.1) is 0 Å². The molecule has 0 aliphatic carbocycles. The first-order chi connectivity index (χ1) is 9.65. The van der Waals surface area contributed by atoms with E-state index < -0.39 is 0 Å². The van der Waals surface area contributed by atoms with Crippen molar-refractivity contribution in [3.63, 3.8) is 0 Å². The Morgan fingerprint density at radius 3 is 2.40 bits per heavy atom. The molecule has 1 N–H and O–H groups in total. The van der Waals surface area contributed by atoms with Crippen molar-refractivity contribution < 1.29 is 0 Å². The van der Waals surface area contributed by atoms with E-state index in [0.29, 0.717) is 6.04 Å². The molecule has 20 heavy (non-hydrogen) atoms. The molecule has 0 unspecified atom stereocenters. The van der Waals surface area contributed by atoms with E-state index in [1.54, 1.807) is 0 Å². The van der Waals surface area contributed by atoms with Gasteiger partial charge in [-0.3, -0.25) is 0 Å². The zero-order valence-electron chi connectivity index (χ0n) is 12.4. The summed E-state index contributed by atoms with van der Waals surface area (Å²) in [5.74, 6) is 0.891. The molecule has 1 heterocycles. The van der Waals surface area contributed by atoms with Gasteiger partial charge in [0, 0.05) is 26.2 Å². The largest absolute Gasteiger partial charge is 0.354 e. The van der Waals surface area contributed by atoms with E-state index in [-0.39, 0.29) is 0 Å². The predicted molar refractivity (Wildman–Crippen MR) is 82.6 cm³/mol. The lowest BCUT2D eigenvalue weighted by Crippen LogP contribution is -2.23. The standard InChI is InChI=1S/C16H22N4/c1-13(2)17-11-15-9-10-16(19-18-15)20(3)12-14-7-5-4-6-8-14/h4-10,13,17H,11-12H2,1-3H3. The Morgan fingerprint density at radius 2 is 1.80 bits per heavy atom. The molecule has 0 aliphatic heterocycles. The van der Waals surface area contributed by atoms with Crippen LogP contribution in [0.1, 0.15) is 25.1 Å². The lowest BCUT2D eigenvalue weighted by Gasteiger charge is -2.17. The molecule has 0 saturated carbocycles. The van der Waals surface area contributed by atoms with Gasteiger partial charge in [0.05, 0.1) is 5.69 Å². The van der Waals surface area contributed by atoms with Crippen molar-refractivity contribution in [2.24, 2.45) is 0 Å². The van der Waals surface area contributed by atoms with Crippen molar-refractivity contribution in [2.75, 3.05) is 11.9 Å². The summed E-state index contributed by atoms with van der Waals surface area (Å²) < 4.78 is 0. The molecule has 4 heteroatoms. The van der Waals surface area contributed by atoms with Crippen molar-refractivity contribution in [3.05, 3.63) is 53.7 Å². The van der Waals surface area contributed by atoms with Crippen LogP contribution in [-0.4, -0.2) is 23.3 Å². The molecule has 0 spiro atoms. The van der Waals surface area contributed by atoms with Crippen LogP contribution in [0.4, 0.5) is 5.82 Å². The van der Waals surface area contributed by atoms with Crippen LogP contribution in [0.5, 0.6) is 0 Å². The second-order valence-electron chi connectivity index (χ2n) is 5.26. The molecule has 2 rings (SSSR count). The normalized spacial score (nSPS) is 10.8. The number of rotatable bonds is 6. The highest BCUT2D eigenvalue weighted by Crippen LogP contribution is 2.11. The van der Waals surface area contributed by atoms with Crippen LogP contribution in [0.25, 0.3) is 0 Å². The Morgan fingerprint density at radius 1 is 1.05 bits per heavy atom. The molecule has 0 saturated heterocycles. The number of hydrogen-bond donors (Lipinski definition) is 1. The van der Waals surface area contributed by atoms with Crippen molar-refractivity contribution in [1.82, 2.24) is 15.5 Å². The molecular weight excluding hydrogens is 248 g/mol. The van der Waals surface area contributed by atoms with Gasteiger partial charge in [0.25, 0.3) is 0 Å². The zero-order valence-corrected chi connectivity index (χ0v) is 12.4. The third kappa shape index (κ3) is 4.31. The zero-order chi connectivity index (χ0) is 14.4. The summed E-state index contributed by atoms with van der Waals surface area (Å²) in [4.78, 5) is 2.10. The van der Waals surface area contributed by atoms with E-state index in [4.69, 9.17) is 0 Å². The summed E-state index contributed by atoms with van der Waals surface area (Å²) in [5, 5.41) is 11.9. The van der Waals surface area contributed by atoms with Gasteiger partial charge in [-0.2, -0.15) is 5.10 Å². The van der Waals surface area contributed by atoms with Gasteiger partial charge < -0.3 is 10.2 Å². The average Bonchev–Trinajstić information content (AvgIpc) is 2.46. The molecule has 106 valence electrons. The quantitative estimate of drug-likeness (QED) is 0.876. The van der Waals surface area contributed by atoms with Gasteiger partial charge in [0.15, 0.2) is 5.82 Å². The summed E-state index contributed by atoms with van der Waals surface area (Å²) in [6.07, 6.45) is 0. The van der Waals surface area contributed by atoms with Gasteiger partial charge in [0.2, 0.25) is 0 Å². The Kier molecular flexibility index (Phi) is 5.07. The van der Waals surface area contributed by atoms with Crippen LogP contribution in [0.15, 0.2) is 42.5 Å². The maximum absolute atomic E-state index is 4.29. The molecule has 2 aromatic rings. The van der Waals surface area contributed by atoms with Crippen molar-refractivity contribution in [3.8, 4) is 0 Å². The lowest BCUT2D eigenvalue weighted by molar-refractivity contribution is 0.577. The molecule has 0 aliphatic rings. The van der Waals surface area contributed by atoms with Gasteiger partial charge >= 0.3 is 0 Å². The monoisotopic (exact) mass is 270 g/mol. The summed E-state index contributed by atoms with van der Waals surface area (Å²) in [6, 6.07) is 14.9.